The molecule has 2 aromatic carbocycles. The number of benzene rings is 2. The summed E-state index contributed by atoms with van der Waals surface area (Å²) < 4.78 is 1.12. The Morgan fingerprint density at radius 1 is 1.00 bits per heavy atom. The standard InChI is InChI=1S/C17H21BrN2/c1-19-17(12-13-4-8-15(18)9-5-13)14-6-10-16(11-7-14)20(2)3/h4-11,17,19H,12H2,1-3H3. The number of halogens is 1. The van der Waals surface area contributed by atoms with Crippen molar-refractivity contribution in [3.63, 3.8) is 0 Å². The molecule has 1 unspecified atom stereocenters. The van der Waals surface area contributed by atoms with Crippen molar-refractivity contribution in [1.82, 2.24) is 5.32 Å². The van der Waals surface area contributed by atoms with Gasteiger partial charge in [-0.3, -0.25) is 0 Å². The molecule has 0 amide bonds. The lowest BCUT2D eigenvalue weighted by Crippen LogP contribution is -2.19. The Kier molecular flexibility index (Phi) is 5.21. The first-order valence-electron chi connectivity index (χ1n) is 6.79. The van der Waals surface area contributed by atoms with Crippen LogP contribution in [0.5, 0.6) is 0 Å². The molecule has 0 bridgehead atoms. The summed E-state index contributed by atoms with van der Waals surface area (Å²) in [6, 6.07) is 17.6. The van der Waals surface area contributed by atoms with Gasteiger partial charge in [-0.05, 0) is 48.9 Å². The molecule has 2 rings (SSSR count). The van der Waals surface area contributed by atoms with Gasteiger partial charge in [0, 0.05) is 30.3 Å². The Morgan fingerprint density at radius 3 is 2.10 bits per heavy atom. The molecule has 2 nitrogen and oxygen atoms in total. The van der Waals surface area contributed by atoms with E-state index in [2.05, 4.69) is 88.8 Å². The fourth-order valence-electron chi connectivity index (χ4n) is 2.25. The second-order valence-corrected chi connectivity index (χ2v) is 6.07. The minimum absolute atomic E-state index is 0.340. The van der Waals surface area contributed by atoms with E-state index in [0.29, 0.717) is 6.04 Å². The highest BCUT2D eigenvalue weighted by Crippen LogP contribution is 2.22. The SMILES string of the molecule is CNC(Cc1ccc(Br)cc1)c1ccc(N(C)C)cc1. The monoisotopic (exact) mass is 332 g/mol. The van der Waals surface area contributed by atoms with Crippen molar-refractivity contribution in [2.24, 2.45) is 0 Å². The molecular weight excluding hydrogens is 312 g/mol. The van der Waals surface area contributed by atoms with Crippen LogP contribution in [0.15, 0.2) is 53.0 Å². The lowest BCUT2D eigenvalue weighted by Gasteiger charge is -2.19. The summed E-state index contributed by atoms with van der Waals surface area (Å²) in [6.07, 6.45) is 0.991. The fraction of sp³-hybridized carbons (Fsp3) is 0.294. The van der Waals surface area contributed by atoms with Crippen LogP contribution in [0.1, 0.15) is 17.2 Å². The van der Waals surface area contributed by atoms with Gasteiger partial charge >= 0.3 is 0 Å². The van der Waals surface area contributed by atoms with Crippen LogP contribution in [0, 0.1) is 0 Å². The lowest BCUT2D eigenvalue weighted by atomic mass is 9.99. The molecular formula is C17H21BrN2. The normalized spacial score (nSPS) is 12.2. The van der Waals surface area contributed by atoms with Crippen LogP contribution in [0.2, 0.25) is 0 Å². The maximum Gasteiger partial charge on any atom is 0.0361 e. The second-order valence-electron chi connectivity index (χ2n) is 5.16. The van der Waals surface area contributed by atoms with E-state index in [1.165, 1.54) is 16.8 Å². The molecule has 106 valence electrons. The summed E-state index contributed by atoms with van der Waals surface area (Å²) in [5.74, 6) is 0. The molecule has 0 radical (unpaired) electrons. The Balaban J connectivity index is 2.13. The lowest BCUT2D eigenvalue weighted by molar-refractivity contribution is 0.592. The summed E-state index contributed by atoms with van der Waals surface area (Å²) in [7, 11) is 6.14. The number of likely N-dealkylation sites (N-methyl/N-ethyl adjacent to an activating group) is 1. The van der Waals surface area contributed by atoms with Crippen molar-refractivity contribution < 1.29 is 0 Å². The Labute approximate surface area is 129 Å². The topological polar surface area (TPSA) is 15.3 Å². The first-order valence-corrected chi connectivity index (χ1v) is 7.58. The van der Waals surface area contributed by atoms with Gasteiger partial charge in [-0.25, -0.2) is 0 Å². The zero-order chi connectivity index (χ0) is 14.5. The van der Waals surface area contributed by atoms with E-state index >= 15 is 0 Å². The molecule has 1 atom stereocenters. The number of rotatable bonds is 5. The highest BCUT2D eigenvalue weighted by Gasteiger charge is 2.10. The summed E-state index contributed by atoms with van der Waals surface area (Å²) in [4.78, 5) is 2.12. The van der Waals surface area contributed by atoms with Gasteiger partial charge in [0.2, 0.25) is 0 Å². The Bertz CT molecular complexity index is 532. The molecule has 0 aliphatic heterocycles. The maximum atomic E-state index is 3.47. The number of anilines is 1. The third-order valence-corrected chi connectivity index (χ3v) is 4.04. The molecule has 0 spiro atoms. The van der Waals surface area contributed by atoms with Crippen LogP contribution in [-0.2, 0) is 6.42 Å². The predicted molar refractivity (Wildman–Crippen MR) is 90.4 cm³/mol. The minimum atomic E-state index is 0.340. The summed E-state index contributed by atoms with van der Waals surface area (Å²) in [5.41, 5.74) is 3.89. The van der Waals surface area contributed by atoms with Crippen molar-refractivity contribution >= 4 is 21.6 Å². The van der Waals surface area contributed by atoms with Gasteiger partial charge in [-0.1, -0.05) is 40.2 Å². The quantitative estimate of drug-likeness (QED) is 0.889. The third kappa shape index (κ3) is 3.84. The van der Waals surface area contributed by atoms with Crippen molar-refractivity contribution in [1.29, 1.82) is 0 Å². The zero-order valence-electron chi connectivity index (χ0n) is 12.2. The van der Waals surface area contributed by atoms with Crippen LogP contribution in [0.25, 0.3) is 0 Å². The van der Waals surface area contributed by atoms with Gasteiger partial charge in [0.05, 0.1) is 0 Å². The van der Waals surface area contributed by atoms with Crippen LogP contribution >= 0.6 is 15.9 Å². The van der Waals surface area contributed by atoms with Gasteiger partial charge in [0.15, 0.2) is 0 Å². The van der Waals surface area contributed by atoms with Crippen LogP contribution in [-0.4, -0.2) is 21.1 Å². The van der Waals surface area contributed by atoms with Crippen LogP contribution in [0.3, 0.4) is 0 Å². The average Bonchev–Trinajstić information content (AvgIpc) is 2.47. The molecule has 3 heteroatoms. The van der Waals surface area contributed by atoms with E-state index in [1.54, 1.807) is 0 Å². The van der Waals surface area contributed by atoms with E-state index < -0.39 is 0 Å². The van der Waals surface area contributed by atoms with E-state index in [1.807, 2.05) is 7.05 Å². The minimum Gasteiger partial charge on any atom is -0.378 e. The van der Waals surface area contributed by atoms with Crippen molar-refractivity contribution in [2.45, 2.75) is 12.5 Å². The molecule has 0 fully saturated rings. The van der Waals surface area contributed by atoms with Crippen molar-refractivity contribution in [2.75, 3.05) is 26.0 Å². The van der Waals surface area contributed by atoms with E-state index in [-0.39, 0.29) is 0 Å². The first-order chi connectivity index (χ1) is 9.60. The molecule has 0 saturated heterocycles. The number of hydrogen-bond donors (Lipinski definition) is 1. The zero-order valence-corrected chi connectivity index (χ0v) is 13.8. The van der Waals surface area contributed by atoms with Crippen LogP contribution in [0.4, 0.5) is 5.69 Å². The molecule has 0 aromatic heterocycles. The molecule has 20 heavy (non-hydrogen) atoms. The highest BCUT2D eigenvalue weighted by molar-refractivity contribution is 9.10. The van der Waals surface area contributed by atoms with Gasteiger partial charge in [0.25, 0.3) is 0 Å². The van der Waals surface area contributed by atoms with Gasteiger partial charge in [-0.15, -0.1) is 0 Å². The predicted octanol–water partition coefficient (Wildman–Crippen LogP) is 4.02. The second kappa shape index (κ2) is 6.91. The van der Waals surface area contributed by atoms with Crippen LogP contribution < -0.4 is 10.2 Å². The smallest absolute Gasteiger partial charge is 0.0361 e. The maximum absolute atomic E-state index is 3.47. The Hall–Kier alpha value is -1.32. The van der Waals surface area contributed by atoms with Gasteiger partial charge in [0.1, 0.15) is 0 Å². The number of nitrogens with one attached hydrogen (secondary N) is 1. The van der Waals surface area contributed by atoms with Crippen molar-refractivity contribution in [3.05, 3.63) is 64.1 Å². The molecule has 1 N–H and O–H groups in total. The van der Waals surface area contributed by atoms with Gasteiger partial charge < -0.3 is 10.2 Å². The number of nitrogens with zero attached hydrogens (tertiary/aromatic N) is 1. The third-order valence-electron chi connectivity index (χ3n) is 3.51. The Morgan fingerprint density at radius 2 is 1.60 bits per heavy atom. The van der Waals surface area contributed by atoms with E-state index in [9.17, 15) is 0 Å². The fourth-order valence-corrected chi connectivity index (χ4v) is 2.51. The molecule has 0 heterocycles. The molecule has 0 saturated carbocycles. The molecule has 0 aliphatic rings. The average molecular weight is 333 g/mol. The molecule has 0 aliphatic carbocycles. The molecule has 2 aromatic rings. The highest BCUT2D eigenvalue weighted by atomic mass is 79.9. The summed E-state index contributed by atoms with van der Waals surface area (Å²) in [6.45, 7) is 0. The first kappa shape index (κ1) is 15.1. The van der Waals surface area contributed by atoms with E-state index in [0.717, 1.165) is 10.9 Å². The summed E-state index contributed by atoms with van der Waals surface area (Å²) in [5, 5.41) is 3.40. The van der Waals surface area contributed by atoms with E-state index in [4.69, 9.17) is 0 Å². The largest absolute Gasteiger partial charge is 0.378 e. The number of hydrogen-bond acceptors (Lipinski definition) is 2. The summed E-state index contributed by atoms with van der Waals surface area (Å²) >= 11 is 3.47. The van der Waals surface area contributed by atoms with Gasteiger partial charge in [-0.2, -0.15) is 0 Å². The van der Waals surface area contributed by atoms with Crippen molar-refractivity contribution in [3.8, 4) is 0 Å².